The van der Waals surface area contributed by atoms with Gasteiger partial charge in [-0.2, -0.15) is 0 Å². The first-order valence-corrected chi connectivity index (χ1v) is 5.90. The molecule has 1 aromatic carbocycles. The highest BCUT2D eigenvalue weighted by molar-refractivity contribution is 5.94. The summed E-state index contributed by atoms with van der Waals surface area (Å²) in [6.45, 7) is 3.40. The van der Waals surface area contributed by atoms with E-state index >= 15 is 0 Å². The number of nitrogens with one attached hydrogen (secondary N) is 1. The van der Waals surface area contributed by atoms with Gasteiger partial charge in [0.25, 0.3) is 0 Å². The number of carbonyl (C=O) groups is 1. The third kappa shape index (κ3) is 2.26. The number of aryl methyl sites for hydroxylation is 1. The molecule has 4 nitrogen and oxygen atoms in total. The molecule has 2 heterocycles. The first kappa shape index (κ1) is 10.6. The summed E-state index contributed by atoms with van der Waals surface area (Å²) < 4.78 is 10.9. The summed E-state index contributed by atoms with van der Waals surface area (Å²) in [5, 5.41) is 2.89. The predicted molar refractivity (Wildman–Crippen MR) is 63.4 cm³/mol. The van der Waals surface area contributed by atoms with Gasteiger partial charge in [-0.1, -0.05) is 0 Å². The minimum Gasteiger partial charge on any atom is -0.490 e. The molecule has 1 saturated heterocycles. The molecular weight excluding hydrogens is 218 g/mol. The molecule has 2 aliphatic heterocycles. The van der Waals surface area contributed by atoms with Gasteiger partial charge in [0.05, 0.1) is 6.61 Å². The Morgan fingerprint density at radius 2 is 2.29 bits per heavy atom. The van der Waals surface area contributed by atoms with E-state index in [4.69, 9.17) is 9.47 Å². The first-order valence-electron chi connectivity index (χ1n) is 5.90. The third-order valence-electron chi connectivity index (χ3n) is 3.06. The van der Waals surface area contributed by atoms with Crippen LogP contribution in [0.4, 0.5) is 5.69 Å². The van der Waals surface area contributed by atoms with Crippen LogP contribution in [0, 0.1) is 6.92 Å². The molecule has 2 aliphatic rings. The monoisotopic (exact) mass is 233 g/mol. The van der Waals surface area contributed by atoms with E-state index in [2.05, 4.69) is 5.32 Å². The zero-order valence-corrected chi connectivity index (χ0v) is 9.79. The lowest BCUT2D eigenvalue weighted by Gasteiger charge is -2.20. The number of rotatable bonds is 3. The van der Waals surface area contributed by atoms with Gasteiger partial charge >= 0.3 is 0 Å². The summed E-state index contributed by atoms with van der Waals surface area (Å²) in [5.74, 6) is 0.968. The van der Waals surface area contributed by atoms with Crippen molar-refractivity contribution in [1.29, 1.82) is 0 Å². The number of anilines is 1. The van der Waals surface area contributed by atoms with Gasteiger partial charge in [0.2, 0.25) is 5.91 Å². The number of hydrogen-bond acceptors (Lipinski definition) is 3. The number of benzene rings is 1. The van der Waals surface area contributed by atoms with Crippen molar-refractivity contribution in [3.63, 3.8) is 0 Å². The summed E-state index contributed by atoms with van der Waals surface area (Å²) in [4.78, 5) is 11.4. The molecule has 1 unspecified atom stereocenters. The van der Waals surface area contributed by atoms with Crippen molar-refractivity contribution in [2.45, 2.75) is 25.9 Å². The van der Waals surface area contributed by atoms with Crippen molar-refractivity contribution in [3.8, 4) is 5.75 Å². The number of hydrogen-bond donors (Lipinski definition) is 1. The molecule has 1 atom stereocenters. The predicted octanol–water partition coefficient (Wildman–Crippen LogP) is 1.66. The summed E-state index contributed by atoms with van der Waals surface area (Å²) >= 11 is 0. The Hall–Kier alpha value is -1.55. The fourth-order valence-corrected chi connectivity index (χ4v) is 2.08. The molecule has 0 bridgehead atoms. The molecule has 17 heavy (non-hydrogen) atoms. The van der Waals surface area contributed by atoms with Crippen LogP contribution in [-0.4, -0.2) is 25.2 Å². The molecule has 1 amide bonds. The summed E-state index contributed by atoms with van der Waals surface area (Å²) in [6, 6.07) is 4.02. The second-order valence-electron chi connectivity index (χ2n) is 4.60. The molecule has 0 aromatic heterocycles. The molecule has 0 radical (unpaired) electrons. The lowest BCUT2D eigenvalue weighted by molar-refractivity contribution is -0.116. The van der Waals surface area contributed by atoms with E-state index in [1.807, 2.05) is 19.1 Å². The van der Waals surface area contributed by atoms with E-state index < -0.39 is 0 Å². The number of ether oxygens (including phenoxy) is 2. The maximum Gasteiger partial charge on any atom is 0.224 e. The summed E-state index contributed by atoms with van der Waals surface area (Å²) in [6.07, 6.45) is 1.54. The first-order chi connectivity index (χ1) is 8.22. The lowest BCUT2D eigenvalue weighted by atomic mass is 10.00. The standard InChI is InChI=1S/C13H15NO3/c1-8-4-11-10(2-3-13(15)14-11)12(5-8)17-7-9-6-16-9/h4-5,9H,2-3,6-7H2,1H3,(H,14,15). The maximum atomic E-state index is 11.4. The van der Waals surface area contributed by atoms with Crippen molar-refractivity contribution in [2.75, 3.05) is 18.5 Å². The maximum absolute atomic E-state index is 11.4. The van der Waals surface area contributed by atoms with Gasteiger partial charge in [-0.25, -0.2) is 0 Å². The molecule has 0 spiro atoms. The second kappa shape index (κ2) is 4.04. The average molecular weight is 233 g/mol. The van der Waals surface area contributed by atoms with E-state index in [1.165, 1.54) is 0 Å². The van der Waals surface area contributed by atoms with E-state index in [9.17, 15) is 4.79 Å². The van der Waals surface area contributed by atoms with Crippen LogP contribution in [0.1, 0.15) is 17.5 Å². The van der Waals surface area contributed by atoms with Crippen LogP contribution >= 0.6 is 0 Å². The van der Waals surface area contributed by atoms with Crippen molar-refractivity contribution < 1.29 is 14.3 Å². The van der Waals surface area contributed by atoms with Gasteiger partial charge in [0, 0.05) is 17.7 Å². The minimum absolute atomic E-state index is 0.0829. The Kier molecular flexibility index (Phi) is 2.52. The van der Waals surface area contributed by atoms with E-state index in [0.717, 1.165) is 35.6 Å². The molecule has 1 N–H and O–H groups in total. The molecular formula is C13H15NO3. The molecule has 0 aliphatic carbocycles. The summed E-state index contributed by atoms with van der Waals surface area (Å²) in [7, 11) is 0. The van der Waals surface area contributed by atoms with Crippen molar-refractivity contribution in [1.82, 2.24) is 0 Å². The minimum atomic E-state index is 0.0829. The number of epoxide rings is 1. The van der Waals surface area contributed by atoms with Crippen molar-refractivity contribution >= 4 is 11.6 Å². The SMILES string of the molecule is Cc1cc2c(c(OCC3CO3)c1)CCC(=O)N2. The van der Waals surface area contributed by atoms with Gasteiger partial charge in [-0.15, -0.1) is 0 Å². The van der Waals surface area contributed by atoms with Crippen LogP contribution in [0.15, 0.2) is 12.1 Å². The van der Waals surface area contributed by atoms with E-state index in [0.29, 0.717) is 13.0 Å². The molecule has 1 aromatic rings. The fraction of sp³-hybridized carbons (Fsp3) is 0.462. The van der Waals surface area contributed by atoms with Crippen LogP contribution in [0.5, 0.6) is 5.75 Å². The Labute approximate surface area is 99.9 Å². The lowest BCUT2D eigenvalue weighted by Crippen LogP contribution is -2.20. The van der Waals surface area contributed by atoms with Crippen molar-refractivity contribution in [2.24, 2.45) is 0 Å². The van der Waals surface area contributed by atoms with Crippen LogP contribution in [-0.2, 0) is 16.0 Å². The average Bonchev–Trinajstić information content (AvgIpc) is 3.08. The Bertz CT molecular complexity index is 466. The quantitative estimate of drug-likeness (QED) is 0.808. The van der Waals surface area contributed by atoms with Gasteiger partial charge in [0.15, 0.2) is 0 Å². The van der Waals surface area contributed by atoms with Crippen molar-refractivity contribution in [3.05, 3.63) is 23.3 Å². The molecule has 4 heteroatoms. The smallest absolute Gasteiger partial charge is 0.224 e. The second-order valence-corrected chi connectivity index (χ2v) is 4.60. The number of fused-ring (bicyclic) bond motifs is 1. The Balaban J connectivity index is 1.87. The van der Waals surface area contributed by atoms with Gasteiger partial charge in [-0.3, -0.25) is 4.79 Å². The van der Waals surface area contributed by atoms with E-state index in [-0.39, 0.29) is 12.0 Å². The number of carbonyl (C=O) groups excluding carboxylic acids is 1. The zero-order valence-electron chi connectivity index (χ0n) is 9.79. The molecule has 1 fully saturated rings. The topological polar surface area (TPSA) is 50.9 Å². The third-order valence-corrected chi connectivity index (χ3v) is 3.06. The highest BCUT2D eigenvalue weighted by Crippen LogP contribution is 2.33. The Morgan fingerprint density at radius 1 is 1.47 bits per heavy atom. The number of amides is 1. The molecule has 3 rings (SSSR count). The van der Waals surface area contributed by atoms with Crippen LogP contribution in [0.3, 0.4) is 0 Å². The molecule has 0 saturated carbocycles. The highest BCUT2D eigenvalue weighted by Gasteiger charge is 2.25. The highest BCUT2D eigenvalue weighted by atomic mass is 16.6. The normalized spacial score (nSPS) is 21.7. The largest absolute Gasteiger partial charge is 0.490 e. The zero-order chi connectivity index (χ0) is 11.8. The fourth-order valence-electron chi connectivity index (χ4n) is 2.08. The summed E-state index contributed by atoms with van der Waals surface area (Å²) in [5.41, 5.74) is 3.10. The van der Waals surface area contributed by atoms with Crippen LogP contribution in [0.2, 0.25) is 0 Å². The van der Waals surface area contributed by atoms with Crippen LogP contribution < -0.4 is 10.1 Å². The Morgan fingerprint density at radius 3 is 3.06 bits per heavy atom. The van der Waals surface area contributed by atoms with Gasteiger partial charge in [0.1, 0.15) is 18.5 Å². The van der Waals surface area contributed by atoms with Gasteiger partial charge in [-0.05, 0) is 31.0 Å². The van der Waals surface area contributed by atoms with Gasteiger partial charge < -0.3 is 14.8 Å². The van der Waals surface area contributed by atoms with Crippen LogP contribution in [0.25, 0.3) is 0 Å². The molecule has 90 valence electrons. The van der Waals surface area contributed by atoms with E-state index in [1.54, 1.807) is 0 Å².